The van der Waals surface area contributed by atoms with Gasteiger partial charge in [0, 0.05) is 4.88 Å². The lowest BCUT2D eigenvalue weighted by Crippen LogP contribution is -2.16. The van der Waals surface area contributed by atoms with Crippen LogP contribution in [0.1, 0.15) is 30.3 Å². The Morgan fingerprint density at radius 3 is 2.32 bits per heavy atom. The van der Waals surface area contributed by atoms with Crippen molar-refractivity contribution in [3.63, 3.8) is 0 Å². The average molecular weight is 296 g/mol. The minimum Gasteiger partial charge on any atom is -0.491 e. The molecular formula is C15H18ClNOS. The highest BCUT2D eigenvalue weighted by molar-refractivity contribution is 7.10. The van der Waals surface area contributed by atoms with Crippen LogP contribution in [0.15, 0.2) is 35.7 Å². The van der Waals surface area contributed by atoms with Gasteiger partial charge in [0.25, 0.3) is 0 Å². The quantitative estimate of drug-likeness (QED) is 0.877. The van der Waals surface area contributed by atoms with Crippen molar-refractivity contribution in [3.8, 4) is 5.75 Å². The van der Waals surface area contributed by atoms with E-state index in [-0.39, 0.29) is 12.1 Å². The molecule has 0 saturated carbocycles. The molecule has 4 heteroatoms. The van der Waals surface area contributed by atoms with Crippen LogP contribution in [0.3, 0.4) is 0 Å². The van der Waals surface area contributed by atoms with Crippen LogP contribution in [-0.4, -0.2) is 13.2 Å². The predicted octanol–water partition coefficient (Wildman–Crippen LogP) is 4.50. The van der Waals surface area contributed by atoms with Gasteiger partial charge in [-0.05, 0) is 50.0 Å². The third-order valence-electron chi connectivity index (χ3n) is 2.78. The summed E-state index contributed by atoms with van der Waals surface area (Å²) >= 11 is 7.88. The van der Waals surface area contributed by atoms with Gasteiger partial charge in [-0.25, -0.2) is 0 Å². The minimum absolute atomic E-state index is 0.126. The number of hydrogen-bond acceptors (Lipinski definition) is 3. The molecule has 0 aliphatic heterocycles. The third kappa shape index (κ3) is 3.50. The first kappa shape index (κ1) is 14.4. The van der Waals surface area contributed by atoms with E-state index < -0.39 is 0 Å². The summed E-state index contributed by atoms with van der Waals surface area (Å²) < 4.78 is 5.65. The van der Waals surface area contributed by atoms with Gasteiger partial charge in [-0.1, -0.05) is 23.7 Å². The summed E-state index contributed by atoms with van der Waals surface area (Å²) in [6.07, 6.45) is 0.192. The molecule has 0 aliphatic rings. The maximum Gasteiger partial charge on any atom is 0.119 e. The van der Waals surface area contributed by atoms with Gasteiger partial charge in [-0.2, -0.15) is 0 Å². The lowest BCUT2D eigenvalue weighted by atomic mass is 10.1. The molecule has 19 heavy (non-hydrogen) atoms. The van der Waals surface area contributed by atoms with Crippen molar-refractivity contribution in [1.29, 1.82) is 0 Å². The van der Waals surface area contributed by atoms with Crippen molar-refractivity contribution in [1.82, 2.24) is 5.32 Å². The fourth-order valence-electron chi connectivity index (χ4n) is 1.97. The van der Waals surface area contributed by atoms with Gasteiger partial charge < -0.3 is 10.1 Å². The SMILES string of the molecule is CNC(c1ccc(OC(C)C)cc1)c1sccc1Cl. The van der Waals surface area contributed by atoms with E-state index in [1.807, 2.05) is 44.5 Å². The van der Waals surface area contributed by atoms with E-state index in [0.717, 1.165) is 15.6 Å². The van der Waals surface area contributed by atoms with E-state index in [4.69, 9.17) is 16.3 Å². The minimum atomic E-state index is 0.126. The van der Waals surface area contributed by atoms with Gasteiger partial charge in [0.2, 0.25) is 0 Å². The van der Waals surface area contributed by atoms with Crippen molar-refractivity contribution < 1.29 is 4.74 Å². The van der Waals surface area contributed by atoms with Gasteiger partial charge in [-0.15, -0.1) is 11.3 Å². The molecule has 0 fully saturated rings. The zero-order valence-electron chi connectivity index (χ0n) is 11.3. The summed E-state index contributed by atoms with van der Waals surface area (Å²) in [4.78, 5) is 1.14. The molecule has 0 radical (unpaired) electrons. The van der Waals surface area contributed by atoms with Gasteiger partial charge in [-0.3, -0.25) is 0 Å². The number of rotatable bonds is 5. The van der Waals surface area contributed by atoms with Crippen LogP contribution in [0, 0.1) is 0 Å². The molecule has 0 aliphatic carbocycles. The second kappa shape index (κ2) is 6.42. The third-order valence-corrected chi connectivity index (χ3v) is 4.20. The molecule has 2 aromatic rings. The molecule has 1 aromatic heterocycles. The van der Waals surface area contributed by atoms with Crippen molar-refractivity contribution in [3.05, 3.63) is 51.2 Å². The standard InChI is InChI=1S/C15H18ClNOS/c1-10(2)18-12-6-4-11(5-7-12)14(17-3)15-13(16)8-9-19-15/h4-10,14,17H,1-3H3. The van der Waals surface area contributed by atoms with Crippen LogP contribution >= 0.6 is 22.9 Å². The first-order chi connectivity index (χ1) is 9.11. The summed E-state index contributed by atoms with van der Waals surface area (Å²) in [6, 6.07) is 10.2. The second-order valence-corrected chi connectivity index (χ2v) is 5.95. The number of hydrogen-bond donors (Lipinski definition) is 1. The first-order valence-corrected chi connectivity index (χ1v) is 7.54. The largest absolute Gasteiger partial charge is 0.491 e. The van der Waals surface area contributed by atoms with E-state index >= 15 is 0 Å². The van der Waals surface area contributed by atoms with Crippen LogP contribution in [0.4, 0.5) is 0 Å². The smallest absolute Gasteiger partial charge is 0.119 e. The van der Waals surface area contributed by atoms with Crippen LogP contribution in [0.2, 0.25) is 5.02 Å². The molecule has 1 N–H and O–H groups in total. The monoisotopic (exact) mass is 295 g/mol. The Labute approximate surface area is 123 Å². The van der Waals surface area contributed by atoms with Gasteiger partial charge in [0.15, 0.2) is 0 Å². The average Bonchev–Trinajstić information content (AvgIpc) is 2.78. The zero-order chi connectivity index (χ0) is 13.8. The van der Waals surface area contributed by atoms with E-state index in [0.29, 0.717) is 0 Å². The molecule has 2 rings (SSSR count). The Kier molecular flexibility index (Phi) is 4.86. The number of thiophene rings is 1. The maximum absolute atomic E-state index is 6.21. The van der Waals surface area contributed by atoms with Crippen molar-refractivity contribution in [2.24, 2.45) is 0 Å². The summed E-state index contributed by atoms with van der Waals surface area (Å²) in [5.74, 6) is 0.894. The van der Waals surface area contributed by atoms with Gasteiger partial charge >= 0.3 is 0 Å². The fraction of sp³-hybridized carbons (Fsp3) is 0.333. The molecule has 0 bridgehead atoms. The first-order valence-electron chi connectivity index (χ1n) is 6.28. The van der Waals surface area contributed by atoms with E-state index in [2.05, 4.69) is 17.4 Å². The normalized spacial score (nSPS) is 12.7. The zero-order valence-corrected chi connectivity index (χ0v) is 12.9. The number of benzene rings is 1. The van der Waals surface area contributed by atoms with Gasteiger partial charge in [0.05, 0.1) is 17.2 Å². The topological polar surface area (TPSA) is 21.3 Å². The molecule has 0 spiro atoms. The Balaban J connectivity index is 2.22. The van der Waals surface area contributed by atoms with Crippen molar-refractivity contribution >= 4 is 22.9 Å². The van der Waals surface area contributed by atoms with Crippen LogP contribution in [0.5, 0.6) is 5.75 Å². The molecule has 0 amide bonds. The lowest BCUT2D eigenvalue weighted by Gasteiger charge is -2.17. The van der Waals surface area contributed by atoms with Crippen LogP contribution in [-0.2, 0) is 0 Å². The Bertz CT molecular complexity index is 521. The number of nitrogens with one attached hydrogen (secondary N) is 1. The number of ether oxygens (including phenoxy) is 1. The molecule has 1 unspecified atom stereocenters. The van der Waals surface area contributed by atoms with Crippen molar-refractivity contribution in [2.75, 3.05) is 7.05 Å². The molecule has 102 valence electrons. The highest BCUT2D eigenvalue weighted by Crippen LogP contribution is 2.33. The summed E-state index contributed by atoms with van der Waals surface area (Å²) in [7, 11) is 1.94. The molecule has 2 nitrogen and oxygen atoms in total. The van der Waals surface area contributed by atoms with Gasteiger partial charge in [0.1, 0.15) is 5.75 Å². The Morgan fingerprint density at radius 1 is 1.16 bits per heavy atom. The van der Waals surface area contributed by atoms with Crippen LogP contribution < -0.4 is 10.1 Å². The fourth-order valence-corrected chi connectivity index (χ4v) is 3.27. The summed E-state index contributed by atoms with van der Waals surface area (Å²) in [6.45, 7) is 4.05. The lowest BCUT2D eigenvalue weighted by molar-refractivity contribution is 0.242. The summed E-state index contributed by atoms with van der Waals surface area (Å²) in [5.41, 5.74) is 1.18. The van der Waals surface area contributed by atoms with E-state index in [1.165, 1.54) is 5.56 Å². The molecule has 1 aromatic carbocycles. The predicted molar refractivity (Wildman–Crippen MR) is 82.4 cm³/mol. The van der Waals surface area contributed by atoms with E-state index in [9.17, 15) is 0 Å². The maximum atomic E-state index is 6.21. The van der Waals surface area contributed by atoms with Crippen molar-refractivity contribution in [2.45, 2.75) is 26.0 Å². The highest BCUT2D eigenvalue weighted by Gasteiger charge is 2.16. The molecule has 1 atom stereocenters. The number of halogens is 1. The molecular weight excluding hydrogens is 278 g/mol. The Hall–Kier alpha value is -1.03. The van der Waals surface area contributed by atoms with Crippen LogP contribution in [0.25, 0.3) is 0 Å². The summed E-state index contributed by atoms with van der Waals surface area (Å²) in [5, 5.41) is 6.13. The molecule has 0 saturated heterocycles. The second-order valence-electron chi connectivity index (χ2n) is 4.59. The Morgan fingerprint density at radius 2 is 1.84 bits per heavy atom. The van der Waals surface area contributed by atoms with E-state index in [1.54, 1.807) is 11.3 Å². The highest BCUT2D eigenvalue weighted by atomic mass is 35.5. The molecule has 1 heterocycles.